The van der Waals surface area contributed by atoms with E-state index in [2.05, 4.69) is 31.2 Å². The maximum absolute atomic E-state index is 12.1. The minimum atomic E-state index is -0.0788. The zero-order valence-electron chi connectivity index (χ0n) is 11.5. The van der Waals surface area contributed by atoms with Gasteiger partial charge in [-0.2, -0.15) is 0 Å². The molecule has 22 heavy (non-hydrogen) atoms. The number of carbonyl (C=O) groups excluding carboxylic acids is 1. The van der Waals surface area contributed by atoms with Crippen molar-refractivity contribution in [2.75, 3.05) is 11.1 Å². The lowest BCUT2D eigenvalue weighted by molar-refractivity contribution is -0.113. The fraction of sp³-hybridized carbons (Fsp3) is 0.0625. The SMILES string of the molecule is O=C(CSc1ccccn1)Nc1ccc(Br)c2cccnc12. The fourth-order valence-corrected chi connectivity index (χ4v) is 3.11. The van der Waals surface area contributed by atoms with Gasteiger partial charge < -0.3 is 5.32 Å². The highest BCUT2D eigenvalue weighted by Gasteiger charge is 2.09. The summed E-state index contributed by atoms with van der Waals surface area (Å²) in [6.07, 6.45) is 3.43. The summed E-state index contributed by atoms with van der Waals surface area (Å²) < 4.78 is 0.955. The number of halogens is 1. The van der Waals surface area contributed by atoms with Crippen LogP contribution >= 0.6 is 27.7 Å². The molecule has 1 N–H and O–H groups in total. The van der Waals surface area contributed by atoms with E-state index in [1.807, 2.05) is 42.5 Å². The number of amides is 1. The van der Waals surface area contributed by atoms with Gasteiger partial charge in [-0.15, -0.1) is 0 Å². The number of benzene rings is 1. The summed E-state index contributed by atoms with van der Waals surface area (Å²) in [5, 5.41) is 4.71. The van der Waals surface area contributed by atoms with Gasteiger partial charge in [0.1, 0.15) is 0 Å². The summed E-state index contributed by atoms with van der Waals surface area (Å²) in [6, 6.07) is 13.2. The molecule has 3 rings (SSSR count). The molecule has 0 saturated carbocycles. The number of rotatable bonds is 4. The zero-order chi connectivity index (χ0) is 15.4. The number of carbonyl (C=O) groups is 1. The standard InChI is InChI=1S/C16H12BrN3OS/c17-12-6-7-13(16-11(12)4-3-9-19-16)20-14(21)10-22-15-5-1-2-8-18-15/h1-9H,10H2,(H,20,21). The number of nitrogens with zero attached hydrogens (tertiary/aromatic N) is 2. The van der Waals surface area contributed by atoms with Crippen LogP contribution in [0.3, 0.4) is 0 Å². The van der Waals surface area contributed by atoms with Crippen LogP contribution in [-0.2, 0) is 4.79 Å². The van der Waals surface area contributed by atoms with E-state index >= 15 is 0 Å². The zero-order valence-corrected chi connectivity index (χ0v) is 13.9. The van der Waals surface area contributed by atoms with Crippen LogP contribution in [0.15, 0.2) is 64.4 Å². The van der Waals surface area contributed by atoms with E-state index in [1.165, 1.54) is 11.8 Å². The highest BCUT2D eigenvalue weighted by atomic mass is 79.9. The second-order valence-corrected chi connectivity index (χ2v) is 6.35. The van der Waals surface area contributed by atoms with E-state index in [4.69, 9.17) is 0 Å². The Morgan fingerprint density at radius 3 is 2.77 bits per heavy atom. The van der Waals surface area contributed by atoms with Crippen molar-refractivity contribution in [1.29, 1.82) is 0 Å². The summed E-state index contributed by atoms with van der Waals surface area (Å²) in [5.41, 5.74) is 1.48. The summed E-state index contributed by atoms with van der Waals surface area (Å²) in [4.78, 5) is 20.6. The first kappa shape index (κ1) is 15.0. The number of aromatic nitrogens is 2. The van der Waals surface area contributed by atoms with Gasteiger partial charge in [-0.25, -0.2) is 4.98 Å². The number of fused-ring (bicyclic) bond motifs is 1. The number of hydrogen-bond donors (Lipinski definition) is 1. The Labute approximate surface area is 140 Å². The van der Waals surface area contributed by atoms with E-state index in [0.717, 1.165) is 20.4 Å². The van der Waals surface area contributed by atoms with Crippen molar-refractivity contribution in [3.63, 3.8) is 0 Å². The maximum atomic E-state index is 12.1. The third-order valence-corrected chi connectivity index (χ3v) is 4.61. The number of thioether (sulfide) groups is 1. The average molecular weight is 374 g/mol. The first-order valence-corrected chi connectivity index (χ1v) is 8.39. The number of pyridine rings is 2. The van der Waals surface area contributed by atoms with E-state index < -0.39 is 0 Å². The molecule has 4 nitrogen and oxygen atoms in total. The van der Waals surface area contributed by atoms with Gasteiger partial charge in [-0.3, -0.25) is 9.78 Å². The molecular weight excluding hydrogens is 362 g/mol. The molecule has 3 aromatic rings. The smallest absolute Gasteiger partial charge is 0.234 e. The second kappa shape index (κ2) is 6.89. The van der Waals surface area contributed by atoms with Crippen LogP contribution < -0.4 is 5.32 Å². The Bertz CT molecular complexity index is 811. The first-order chi connectivity index (χ1) is 10.7. The largest absolute Gasteiger partial charge is 0.323 e. The van der Waals surface area contributed by atoms with E-state index in [9.17, 15) is 4.79 Å². The molecule has 0 unspecified atom stereocenters. The Kier molecular flexibility index (Phi) is 4.70. The van der Waals surface area contributed by atoms with Gasteiger partial charge in [0, 0.05) is 22.3 Å². The van der Waals surface area contributed by atoms with E-state index in [-0.39, 0.29) is 5.91 Å². The van der Waals surface area contributed by atoms with Crippen molar-refractivity contribution in [2.24, 2.45) is 0 Å². The van der Waals surface area contributed by atoms with E-state index in [0.29, 0.717) is 11.4 Å². The molecule has 0 aliphatic heterocycles. The molecule has 0 saturated heterocycles. The van der Waals surface area contributed by atoms with Crippen LogP contribution in [0.5, 0.6) is 0 Å². The van der Waals surface area contributed by atoms with Crippen LogP contribution in [0, 0.1) is 0 Å². The number of hydrogen-bond acceptors (Lipinski definition) is 4. The van der Waals surface area contributed by atoms with Crippen molar-refractivity contribution >= 4 is 50.2 Å². The second-order valence-electron chi connectivity index (χ2n) is 4.50. The molecule has 110 valence electrons. The average Bonchev–Trinajstić information content (AvgIpc) is 2.57. The van der Waals surface area contributed by atoms with Crippen LogP contribution in [0.1, 0.15) is 0 Å². The van der Waals surface area contributed by atoms with Gasteiger partial charge in [0.15, 0.2) is 0 Å². The van der Waals surface area contributed by atoms with Crippen molar-refractivity contribution in [3.8, 4) is 0 Å². The Balaban J connectivity index is 1.73. The van der Waals surface area contributed by atoms with Gasteiger partial charge in [-0.1, -0.05) is 39.8 Å². The Morgan fingerprint density at radius 2 is 1.95 bits per heavy atom. The number of anilines is 1. The van der Waals surface area contributed by atoms with Gasteiger partial charge in [0.05, 0.1) is 22.0 Å². The lowest BCUT2D eigenvalue weighted by Gasteiger charge is -2.09. The van der Waals surface area contributed by atoms with Gasteiger partial charge in [0.25, 0.3) is 0 Å². The maximum Gasteiger partial charge on any atom is 0.234 e. The normalized spacial score (nSPS) is 10.6. The molecular formula is C16H12BrN3OS. The minimum Gasteiger partial charge on any atom is -0.323 e. The monoisotopic (exact) mass is 373 g/mol. The first-order valence-electron chi connectivity index (χ1n) is 6.61. The van der Waals surface area contributed by atoms with Crippen LogP contribution in [0.4, 0.5) is 5.69 Å². The molecule has 0 fully saturated rings. The summed E-state index contributed by atoms with van der Waals surface area (Å²) in [5.74, 6) is 0.228. The summed E-state index contributed by atoms with van der Waals surface area (Å²) >= 11 is 4.90. The molecule has 1 aromatic carbocycles. The fourth-order valence-electron chi connectivity index (χ4n) is 2.00. The van der Waals surface area contributed by atoms with Gasteiger partial charge in [0.2, 0.25) is 5.91 Å². The molecule has 0 radical (unpaired) electrons. The molecule has 2 aromatic heterocycles. The molecule has 1 amide bonds. The topological polar surface area (TPSA) is 54.9 Å². The lowest BCUT2D eigenvalue weighted by atomic mass is 10.2. The van der Waals surface area contributed by atoms with Crippen LogP contribution in [0.25, 0.3) is 10.9 Å². The summed E-state index contributed by atoms with van der Waals surface area (Å²) in [7, 11) is 0. The molecule has 0 bridgehead atoms. The van der Waals surface area contributed by atoms with Crippen molar-refractivity contribution in [1.82, 2.24) is 9.97 Å². The predicted octanol–water partition coefficient (Wildman–Crippen LogP) is 4.12. The third kappa shape index (κ3) is 3.45. The van der Waals surface area contributed by atoms with Crippen LogP contribution in [0.2, 0.25) is 0 Å². The summed E-state index contributed by atoms with van der Waals surface area (Å²) in [6.45, 7) is 0. The molecule has 2 heterocycles. The van der Waals surface area contributed by atoms with Gasteiger partial charge >= 0.3 is 0 Å². The minimum absolute atomic E-state index is 0.0788. The highest BCUT2D eigenvalue weighted by molar-refractivity contribution is 9.10. The quantitative estimate of drug-likeness (QED) is 0.698. The predicted molar refractivity (Wildman–Crippen MR) is 93.0 cm³/mol. The Morgan fingerprint density at radius 1 is 1.09 bits per heavy atom. The third-order valence-electron chi connectivity index (χ3n) is 2.98. The van der Waals surface area contributed by atoms with Crippen LogP contribution in [-0.4, -0.2) is 21.6 Å². The van der Waals surface area contributed by atoms with Gasteiger partial charge in [-0.05, 0) is 30.3 Å². The van der Waals surface area contributed by atoms with Crippen molar-refractivity contribution < 1.29 is 4.79 Å². The molecule has 0 aliphatic carbocycles. The molecule has 0 spiro atoms. The van der Waals surface area contributed by atoms with Crippen molar-refractivity contribution in [2.45, 2.75) is 5.03 Å². The van der Waals surface area contributed by atoms with E-state index in [1.54, 1.807) is 12.4 Å². The number of nitrogens with one attached hydrogen (secondary N) is 1. The molecule has 0 aliphatic rings. The highest BCUT2D eigenvalue weighted by Crippen LogP contribution is 2.28. The van der Waals surface area contributed by atoms with Crippen molar-refractivity contribution in [3.05, 3.63) is 59.3 Å². The Hall–Kier alpha value is -1.92. The molecule has 0 atom stereocenters. The lowest BCUT2D eigenvalue weighted by Crippen LogP contribution is -2.14. The molecule has 6 heteroatoms.